The highest BCUT2D eigenvalue weighted by Gasteiger charge is 2.32. The molecule has 0 radical (unpaired) electrons. The van der Waals surface area contributed by atoms with Gasteiger partial charge in [-0.25, -0.2) is 8.42 Å². The highest BCUT2D eigenvalue weighted by atomic mass is 35.5. The van der Waals surface area contributed by atoms with Crippen molar-refractivity contribution < 1.29 is 18.0 Å². The number of halogens is 1. The first-order valence-electron chi connectivity index (χ1n) is 9.93. The fraction of sp³-hybridized carbons (Fsp3) is 0.273. The molecule has 2 amide bonds. The predicted molar refractivity (Wildman–Crippen MR) is 120 cm³/mol. The van der Waals surface area contributed by atoms with Gasteiger partial charge >= 0.3 is 0 Å². The first-order valence-corrected chi connectivity index (χ1v) is 12.1. The minimum Gasteiger partial charge on any atom is -0.361 e. The van der Waals surface area contributed by atoms with Crippen molar-refractivity contribution in [2.24, 2.45) is 0 Å². The van der Waals surface area contributed by atoms with Crippen molar-refractivity contribution in [3.63, 3.8) is 0 Å². The second-order valence-corrected chi connectivity index (χ2v) is 10.3. The molecule has 1 saturated heterocycles. The summed E-state index contributed by atoms with van der Waals surface area (Å²) in [7, 11) is -3.14. The zero-order chi connectivity index (χ0) is 22.0. The molecule has 9 heteroatoms. The van der Waals surface area contributed by atoms with Crippen LogP contribution >= 0.6 is 11.6 Å². The van der Waals surface area contributed by atoms with E-state index >= 15 is 0 Å². The summed E-state index contributed by atoms with van der Waals surface area (Å²) in [6, 6.07) is 12.9. The van der Waals surface area contributed by atoms with Crippen LogP contribution in [0, 0.1) is 0 Å². The molecular weight excluding hydrogens is 438 g/mol. The van der Waals surface area contributed by atoms with Crippen LogP contribution in [-0.2, 0) is 21.1 Å². The molecule has 0 aliphatic carbocycles. The minimum absolute atomic E-state index is 0.0526. The molecule has 0 unspecified atom stereocenters. The first-order chi connectivity index (χ1) is 14.8. The van der Waals surface area contributed by atoms with E-state index in [0.717, 1.165) is 16.5 Å². The Bertz CT molecular complexity index is 1240. The molecule has 1 aromatic heterocycles. The summed E-state index contributed by atoms with van der Waals surface area (Å²) < 4.78 is 23.5. The van der Waals surface area contributed by atoms with Gasteiger partial charge in [-0.05, 0) is 30.2 Å². The van der Waals surface area contributed by atoms with Crippen LogP contribution in [0.25, 0.3) is 10.9 Å². The molecule has 2 heterocycles. The van der Waals surface area contributed by atoms with Crippen LogP contribution in [-0.4, -0.2) is 48.8 Å². The molecule has 0 saturated carbocycles. The Hall–Kier alpha value is -2.84. The van der Waals surface area contributed by atoms with Crippen molar-refractivity contribution in [1.82, 2.24) is 15.6 Å². The Labute approximate surface area is 185 Å². The third-order valence-electron chi connectivity index (χ3n) is 5.42. The number of carbonyl (C=O) groups is 2. The second kappa shape index (κ2) is 8.72. The monoisotopic (exact) mass is 459 g/mol. The summed E-state index contributed by atoms with van der Waals surface area (Å²) in [6.07, 6.45) is 2.42. The van der Waals surface area contributed by atoms with Crippen molar-refractivity contribution in [1.29, 1.82) is 0 Å². The summed E-state index contributed by atoms with van der Waals surface area (Å²) >= 11 is 6.14. The number of carbonyl (C=O) groups excluding carboxylic acids is 2. The van der Waals surface area contributed by atoms with Crippen LogP contribution in [0.2, 0.25) is 5.02 Å². The minimum atomic E-state index is -3.14. The van der Waals surface area contributed by atoms with Crippen LogP contribution < -0.4 is 10.6 Å². The molecule has 1 fully saturated rings. The smallest absolute Gasteiger partial charge is 0.253 e. The maximum absolute atomic E-state index is 13.1. The largest absolute Gasteiger partial charge is 0.361 e. The molecule has 7 nitrogen and oxygen atoms in total. The first kappa shape index (κ1) is 21.4. The molecule has 4 rings (SSSR count). The van der Waals surface area contributed by atoms with E-state index in [1.165, 1.54) is 0 Å². The third-order valence-corrected chi connectivity index (χ3v) is 7.52. The van der Waals surface area contributed by atoms with Gasteiger partial charge in [-0.3, -0.25) is 9.59 Å². The van der Waals surface area contributed by atoms with Gasteiger partial charge in [-0.15, -0.1) is 0 Å². The van der Waals surface area contributed by atoms with E-state index in [-0.39, 0.29) is 28.5 Å². The maximum Gasteiger partial charge on any atom is 0.253 e. The molecule has 0 spiro atoms. The molecule has 3 N–H and O–H groups in total. The SMILES string of the molecule is O=C(N[C@@H](Cc1c[nH]c2ccccc12)C(=O)N[C@H]1CCS(=O)(=O)C1)c1ccccc1Cl. The van der Waals surface area contributed by atoms with Gasteiger partial charge in [0.2, 0.25) is 5.91 Å². The number of sulfone groups is 1. The Kier molecular flexibility index (Phi) is 6.02. The lowest BCUT2D eigenvalue weighted by atomic mass is 10.0. The third kappa shape index (κ3) is 4.91. The molecule has 2 atom stereocenters. The fourth-order valence-corrected chi connectivity index (χ4v) is 5.72. The van der Waals surface area contributed by atoms with Gasteiger partial charge in [-0.1, -0.05) is 41.9 Å². The Morgan fingerprint density at radius 2 is 1.87 bits per heavy atom. The van der Waals surface area contributed by atoms with Crippen LogP contribution in [0.1, 0.15) is 22.3 Å². The zero-order valence-corrected chi connectivity index (χ0v) is 18.2. The average Bonchev–Trinajstić information content (AvgIpc) is 3.30. The Morgan fingerprint density at radius 1 is 1.13 bits per heavy atom. The quantitative estimate of drug-likeness (QED) is 0.526. The molecule has 3 aromatic rings. The number of nitrogens with one attached hydrogen (secondary N) is 3. The van der Waals surface area contributed by atoms with Crippen molar-refractivity contribution in [3.05, 3.63) is 70.9 Å². The standard InChI is InChI=1S/C22H22ClN3O4S/c23-18-7-3-1-6-17(18)21(27)26-20(22(28)25-15-9-10-31(29,30)13-15)11-14-12-24-19-8-4-2-5-16(14)19/h1-8,12,15,20,24H,9-11,13H2,(H,25,28)(H,26,27)/t15-,20-/m0/s1. The highest BCUT2D eigenvalue weighted by Crippen LogP contribution is 2.20. The van der Waals surface area contributed by atoms with E-state index in [1.54, 1.807) is 24.3 Å². The summed E-state index contributed by atoms with van der Waals surface area (Å²) in [4.78, 5) is 29.1. The number of amides is 2. The van der Waals surface area contributed by atoms with E-state index in [1.807, 2.05) is 30.5 Å². The number of fused-ring (bicyclic) bond motifs is 1. The van der Waals surface area contributed by atoms with Crippen LogP contribution in [0.15, 0.2) is 54.7 Å². The van der Waals surface area contributed by atoms with Crippen LogP contribution in [0.4, 0.5) is 0 Å². The molecule has 31 heavy (non-hydrogen) atoms. The van der Waals surface area contributed by atoms with Gasteiger partial charge in [0.05, 0.1) is 22.1 Å². The molecule has 2 aromatic carbocycles. The van der Waals surface area contributed by atoms with Crippen molar-refractivity contribution in [3.8, 4) is 0 Å². The number of para-hydroxylation sites is 1. The lowest BCUT2D eigenvalue weighted by Crippen LogP contribution is -2.51. The number of aromatic nitrogens is 1. The number of H-pyrrole nitrogens is 1. The van der Waals surface area contributed by atoms with Gasteiger partial charge in [0, 0.05) is 29.6 Å². The molecule has 0 bridgehead atoms. The van der Waals surface area contributed by atoms with Crippen molar-refractivity contribution >= 4 is 44.2 Å². The van der Waals surface area contributed by atoms with E-state index in [4.69, 9.17) is 11.6 Å². The predicted octanol–water partition coefficient (Wildman–Crippen LogP) is 2.47. The van der Waals surface area contributed by atoms with Crippen LogP contribution in [0.5, 0.6) is 0 Å². The van der Waals surface area contributed by atoms with Gasteiger partial charge in [-0.2, -0.15) is 0 Å². The molecule has 1 aliphatic heterocycles. The lowest BCUT2D eigenvalue weighted by molar-refractivity contribution is -0.123. The average molecular weight is 460 g/mol. The fourth-order valence-electron chi connectivity index (χ4n) is 3.82. The maximum atomic E-state index is 13.1. The van der Waals surface area contributed by atoms with Crippen molar-refractivity contribution in [2.75, 3.05) is 11.5 Å². The van der Waals surface area contributed by atoms with Gasteiger partial charge < -0.3 is 15.6 Å². The second-order valence-electron chi connectivity index (χ2n) is 7.68. The van der Waals surface area contributed by atoms with Gasteiger partial charge in [0.15, 0.2) is 9.84 Å². The number of hydrogen-bond donors (Lipinski definition) is 3. The van der Waals surface area contributed by atoms with Gasteiger partial charge in [0.25, 0.3) is 5.91 Å². The normalized spacial score (nSPS) is 18.5. The summed E-state index contributed by atoms with van der Waals surface area (Å²) in [5.41, 5.74) is 2.06. The Balaban J connectivity index is 1.57. The number of benzene rings is 2. The zero-order valence-electron chi connectivity index (χ0n) is 16.6. The number of aromatic amines is 1. The molecular formula is C22H22ClN3O4S. The van der Waals surface area contributed by atoms with E-state index in [9.17, 15) is 18.0 Å². The summed E-state index contributed by atoms with van der Waals surface area (Å²) in [6.45, 7) is 0. The van der Waals surface area contributed by atoms with Crippen LogP contribution in [0.3, 0.4) is 0 Å². The number of hydrogen-bond acceptors (Lipinski definition) is 4. The molecule has 1 aliphatic rings. The Morgan fingerprint density at radius 3 is 2.61 bits per heavy atom. The highest BCUT2D eigenvalue weighted by molar-refractivity contribution is 7.91. The van der Waals surface area contributed by atoms with E-state index < -0.39 is 33.7 Å². The summed E-state index contributed by atoms with van der Waals surface area (Å²) in [5, 5.41) is 6.80. The lowest BCUT2D eigenvalue weighted by Gasteiger charge is -2.21. The number of rotatable bonds is 6. The summed E-state index contributed by atoms with van der Waals surface area (Å²) in [5.74, 6) is -0.925. The molecule has 162 valence electrons. The van der Waals surface area contributed by atoms with Crippen molar-refractivity contribution in [2.45, 2.75) is 24.9 Å². The topological polar surface area (TPSA) is 108 Å². The van der Waals surface area contributed by atoms with E-state index in [2.05, 4.69) is 15.6 Å². The van der Waals surface area contributed by atoms with Gasteiger partial charge in [0.1, 0.15) is 6.04 Å². The van der Waals surface area contributed by atoms with E-state index in [0.29, 0.717) is 6.42 Å².